The van der Waals surface area contributed by atoms with Crippen molar-refractivity contribution in [2.24, 2.45) is 0 Å². The van der Waals surface area contributed by atoms with Crippen molar-refractivity contribution in [3.63, 3.8) is 0 Å². The average molecular weight is 304 g/mol. The molecule has 6 heteroatoms. The van der Waals surface area contributed by atoms with Gasteiger partial charge in [-0.3, -0.25) is 4.79 Å². The molecule has 0 fully saturated rings. The molecule has 22 heavy (non-hydrogen) atoms. The molecule has 0 radical (unpaired) electrons. The number of anilines is 1. The van der Waals surface area contributed by atoms with E-state index in [0.717, 1.165) is 29.8 Å². The van der Waals surface area contributed by atoms with E-state index in [9.17, 15) is 18.0 Å². The number of nitrogens with zero attached hydrogens (tertiary/aromatic N) is 1. The Morgan fingerprint density at radius 3 is 2.14 bits per heavy atom. The molecule has 2 aromatic carbocycles. The van der Waals surface area contributed by atoms with Gasteiger partial charge in [0.25, 0.3) is 5.91 Å². The summed E-state index contributed by atoms with van der Waals surface area (Å²) >= 11 is 0. The number of hydrogen-bond donors (Lipinski definition) is 1. The van der Waals surface area contributed by atoms with E-state index in [1.807, 2.05) is 6.07 Å². The maximum atomic E-state index is 12.4. The Hall–Kier alpha value is -2.81. The van der Waals surface area contributed by atoms with Crippen LogP contribution in [0.5, 0.6) is 0 Å². The monoisotopic (exact) mass is 304 g/mol. The van der Waals surface area contributed by atoms with Crippen LogP contribution < -0.4 is 5.32 Å². The smallest absolute Gasteiger partial charge is 0.322 e. The Morgan fingerprint density at radius 1 is 1.05 bits per heavy atom. The topological polar surface area (TPSA) is 52.9 Å². The molecule has 0 unspecified atom stereocenters. The van der Waals surface area contributed by atoms with Crippen molar-refractivity contribution in [1.82, 2.24) is 0 Å². The summed E-state index contributed by atoms with van der Waals surface area (Å²) in [5.74, 6) is -0.498. The number of nitriles is 1. The highest BCUT2D eigenvalue weighted by Gasteiger charge is 2.30. The van der Waals surface area contributed by atoms with E-state index in [-0.39, 0.29) is 12.0 Å². The second-order valence-electron chi connectivity index (χ2n) is 4.56. The van der Waals surface area contributed by atoms with Gasteiger partial charge in [0.15, 0.2) is 0 Å². The van der Waals surface area contributed by atoms with E-state index in [1.54, 1.807) is 24.3 Å². The summed E-state index contributed by atoms with van der Waals surface area (Å²) in [6.45, 7) is 0. The van der Waals surface area contributed by atoms with E-state index < -0.39 is 17.6 Å². The highest BCUT2D eigenvalue weighted by atomic mass is 19.4. The van der Waals surface area contributed by atoms with Crippen molar-refractivity contribution in [3.8, 4) is 6.07 Å². The van der Waals surface area contributed by atoms with Crippen LogP contribution in [0.2, 0.25) is 0 Å². The Bertz CT molecular complexity index is 698. The average Bonchev–Trinajstić information content (AvgIpc) is 2.49. The van der Waals surface area contributed by atoms with Crippen LogP contribution >= 0.6 is 0 Å². The first kappa shape index (κ1) is 15.6. The maximum absolute atomic E-state index is 12.4. The summed E-state index contributed by atoms with van der Waals surface area (Å²) in [4.78, 5) is 11.9. The maximum Gasteiger partial charge on any atom is 0.416 e. The highest BCUT2D eigenvalue weighted by Crippen LogP contribution is 2.29. The molecule has 0 heterocycles. The molecular weight excluding hydrogens is 293 g/mol. The summed E-state index contributed by atoms with van der Waals surface area (Å²) < 4.78 is 37.3. The van der Waals surface area contributed by atoms with Gasteiger partial charge < -0.3 is 5.32 Å². The minimum absolute atomic E-state index is 0.133. The fraction of sp³-hybridized carbons (Fsp3) is 0.125. The molecule has 0 saturated heterocycles. The molecule has 1 N–H and O–H groups in total. The van der Waals surface area contributed by atoms with Gasteiger partial charge in [0.05, 0.1) is 18.1 Å². The molecule has 112 valence electrons. The van der Waals surface area contributed by atoms with E-state index in [0.29, 0.717) is 5.69 Å². The molecule has 0 aliphatic heterocycles. The first-order valence-corrected chi connectivity index (χ1v) is 6.34. The SMILES string of the molecule is N#CCc1ccc(NC(=O)c2ccc(C(F)(F)F)cc2)cc1. The third-order valence-corrected chi connectivity index (χ3v) is 2.97. The van der Waals surface area contributed by atoms with Crippen molar-refractivity contribution >= 4 is 11.6 Å². The molecule has 0 saturated carbocycles. The molecule has 0 aliphatic carbocycles. The van der Waals surface area contributed by atoms with E-state index in [2.05, 4.69) is 5.32 Å². The zero-order valence-corrected chi connectivity index (χ0v) is 11.3. The molecule has 0 aliphatic rings. The fourth-order valence-electron chi connectivity index (χ4n) is 1.81. The van der Waals surface area contributed by atoms with E-state index in [4.69, 9.17) is 5.26 Å². The zero-order valence-electron chi connectivity index (χ0n) is 11.3. The van der Waals surface area contributed by atoms with Crippen molar-refractivity contribution in [2.45, 2.75) is 12.6 Å². The summed E-state index contributed by atoms with van der Waals surface area (Å²) in [5, 5.41) is 11.1. The molecule has 0 bridgehead atoms. The highest BCUT2D eigenvalue weighted by molar-refractivity contribution is 6.04. The summed E-state index contributed by atoms with van der Waals surface area (Å²) in [7, 11) is 0. The van der Waals surface area contributed by atoms with Crippen LogP contribution in [0.1, 0.15) is 21.5 Å². The van der Waals surface area contributed by atoms with Gasteiger partial charge >= 0.3 is 6.18 Å². The third kappa shape index (κ3) is 3.85. The molecule has 2 rings (SSSR count). The lowest BCUT2D eigenvalue weighted by Gasteiger charge is -2.08. The van der Waals surface area contributed by atoms with Gasteiger partial charge in [-0.2, -0.15) is 18.4 Å². The number of alkyl halides is 3. The molecule has 0 atom stereocenters. The van der Waals surface area contributed by atoms with Crippen LogP contribution in [0.15, 0.2) is 48.5 Å². The first-order valence-electron chi connectivity index (χ1n) is 6.34. The standard InChI is InChI=1S/C16H11F3N2O/c17-16(18,19)13-5-3-12(4-6-13)15(22)21-14-7-1-11(2-8-14)9-10-20/h1-8H,9H2,(H,21,22). The Kier molecular flexibility index (Phi) is 4.47. The first-order chi connectivity index (χ1) is 10.4. The van der Waals surface area contributed by atoms with Crippen LogP contribution in [0.4, 0.5) is 18.9 Å². The van der Waals surface area contributed by atoms with Crippen molar-refractivity contribution in [1.29, 1.82) is 5.26 Å². The van der Waals surface area contributed by atoms with Crippen molar-refractivity contribution < 1.29 is 18.0 Å². The lowest BCUT2D eigenvalue weighted by molar-refractivity contribution is -0.137. The number of benzene rings is 2. The van der Waals surface area contributed by atoms with Gasteiger partial charge in [-0.05, 0) is 42.0 Å². The Labute approximate surface area is 125 Å². The quantitative estimate of drug-likeness (QED) is 0.931. The Balaban J connectivity index is 2.07. The number of halogens is 3. The predicted octanol–water partition coefficient (Wildman–Crippen LogP) is 4.02. The molecule has 3 nitrogen and oxygen atoms in total. The second kappa shape index (κ2) is 6.31. The van der Waals surface area contributed by atoms with E-state index >= 15 is 0 Å². The second-order valence-corrected chi connectivity index (χ2v) is 4.56. The van der Waals surface area contributed by atoms with Crippen LogP contribution in [0, 0.1) is 11.3 Å². The number of carbonyl (C=O) groups is 1. The van der Waals surface area contributed by atoms with Crippen LogP contribution in [-0.4, -0.2) is 5.91 Å². The molecule has 0 spiro atoms. The van der Waals surface area contributed by atoms with Gasteiger partial charge in [-0.25, -0.2) is 0 Å². The molecule has 1 amide bonds. The lowest BCUT2D eigenvalue weighted by atomic mass is 10.1. The zero-order chi connectivity index (χ0) is 16.2. The van der Waals surface area contributed by atoms with Gasteiger partial charge in [0, 0.05) is 11.3 Å². The summed E-state index contributed by atoms with van der Waals surface area (Å²) in [6.07, 6.45) is -4.15. The number of hydrogen-bond acceptors (Lipinski definition) is 2. The lowest BCUT2D eigenvalue weighted by Crippen LogP contribution is -2.12. The van der Waals surface area contributed by atoms with Crippen LogP contribution in [0.3, 0.4) is 0 Å². The number of amides is 1. The number of carbonyl (C=O) groups excluding carboxylic acids is 1. The van der Waals surface area contributed by atoms with Gasteiger partial charge in [0.2, 0.25) is 0 Å². The minimum Gasteiger partial charge on any atom is -0.322 e. The number of rotatable bonds is 3. The molecule has 2 aromatic rings. The molecular formula is C16H11F3N2O. The normalized spacial score (nSPS) is 10.8. The van der Waals surface area contributed by atoms with E-state index in [1.165, 1.54) is 0 Å². The van der Waals surface area contributed by atoms with Crippen LogP contribution in [0.25, 0.3) is 0 Å². The summed E-state index contributed by atoms with van der Waals surface area (Å²) in [6, 6.07) is 12.7. The predicted molar refractivity (Wildman–Crippen MR) is 75.2 cm³/mol. The number of nitrogens with one attached hydrogen (secondary N) is 1. The minimum atomic E-state index is -4.43. The van der Waals surface area contributed by atoms with Gasteiger partial charge in [-0.1, -0.05) is 12.1 Å². The third-order valence-electron chi connectivity index (χ3n) is 2.97. The summed E-state index contributed by atoms with van der Waals surface area (Å²) in [5.41, 5.74) is 0.653. The van der Waals surface area contributed by atoms with Gasteiger partial charge in [0.1, 0.15) is 0 Å². The Morgan fingerprint density at radius 2 is 1.64 bits per heavy atom. The molecule has 0 aromatic heterocycles. The van der Waals surface area contributed by atoms with Crippen LogP contribution in [-0.2, 0) is 12.6 Å². The fourth-order valence-corrected chi connectivity index (χ4v) is 1.81. The van der Waals surface area contributed by atoms with Crippen molar-refractivity contribution in [3.05, 3.63) is 65.2 Å². The largest absolute Gasteiger partial charge is 0.416 e. The van der Waals surface area contributed by atoms with Crippen molar-refractivity contribution in [2.75, 3.05) is 5.32 Å². The van der Waals surface area contributed by atoms with Gasteiger partial charge in [-0.15, -0.1) is 0 Å².